The molecule has 1 N–H and O–H groups in total. The Morgan fingerprint density at radius 1 is 1.03 bits per heavy atom. The molecule has 0 bridgehead atoms. The number of imidazole rings is 1. The average Bonchev–Trinajstić information content (AvgIpc) is 3.16. The van der Waals surface area contributed by atoms with Crippen LogP contribution in [0.15, 0.2) is 78.9 Å². The fourth-order valence-corrected chi connectivity index (χ4v) is 3.89. The highest BCUT2D eigenvalue weighted by molar-refractivity contribution is 5.92. The number of fused-ring (bicyclic) bond motifs is 2. The quantitative estimate of drug-likeness (QED) is 0.277. The van der Waals surface area contributed by atoms with Crippen LogP contribution in [0.4, 0.5) is 0 Å². The molecule has 0 radical (unpaired) electrons. The van der Waals surface area contributed by atoms with E-state index in [0.717, 1.165) is 53.8 Å². The van der Waals surface area contributed by atoms with Crippen LogP contribution >= 0.6 is 0 Å². The number of aromatic nitrogens is 2. The molecule has 0 atom stereocenters. The Kier molecular flexibility index (Phi) is 6.85. The molecule has 0 spiro atoms. The number of para-hydroxylation sites is 2. The van der Waals surface area contributed by atoms with E-state index in [2.05, 4.69) is 40.7 Å². The summed E-state index contributed by atoms with van der Waals surface area (Å²) in [6.07, 6.45) is 2.51. The van der Waals surface area contributed by atoms with Gasteiger partial charge in [0.1, 0.15) is 11.6 Å². The summed E-state index contributed by atoms with van der Waals surface area (Å²) >= 11 is 0. The Bertz CT molecular complexity index is 1240. The number of benzene rings is 3. The van der Waals surface area contributed by atoms with Gasteiger partial charge in [0.25, 0.3) is 0 Å². The molecule has 5 nitrogen and oxygen atoms in total. The van der Waals surface area contributed by atoms with Gasteiger partial charge in [-0.3, -0.25) is 4.79 Å². The molecule has 5 heteroatoms. The monoisotopic (exact) mass is 427 g/mol. The summed E-state index contributed by atoms with van der Waals surface area (Å²) in [4.78, 5) is 16.5. The first-order chi connectivity index (χ1) is 15.6. The summed E-state index contributed by atoms with van der Waals surface area (Å²) in [5, 5.41) is 5.22. The van der Waals surface area contributed by atoms with Crippen LogP contribution in [0.5, 0.6) is 5.75 Å². The lowest BCUT2D eigenvalue weighted by atomic mass is 10.1. The molecule has 0 saturated heterocycles. The van der Waals surface area contributed by atoms with Crippen molar-refractivity contribution < 1.29 is 9.53 Å². The molecule has 3 aromatic carbocycles. The standard InChI is InChI=1S/C27H29N3O2/c1-20(2)27(31)28-17-8-16-26-29-23-13-5-6-14-24(23)30(26)18-9-19-32-25-15-7-11-21-10-3-4-12-22(21)25/h3-7,10-15H,1,8-9,16-19H2,2H3,(H,28,31). The molecule has 0 saturated carbocycles. The van der Waals surface area contributed by atoms with Crippen LogP contribution in [0.1, 0.15) is 25.6 Å². The first-order valence-electron chi connectivity index (χ1n) is 11.1. The summed E-state index contributed by atoms with van der Waals surface area (Å²) < 4.78 is 8.41. The summed E-state index contributed by atoms with van der Waals surface area (Å²) in [7, 11) is 0. The number of rotatable bonds is 10. The van der Waals surface area contributed by atoms with Crippen molar-refractivity contribution in [1.29, 1.82) is 0 Å². The van der Waals surface area contributed by atoms with Crippen LogP contribution in [-0.4, -0.2) is 28.6 Å². The minimum atomic E-state index is -0.0934. The van der Waals surface area contributed by atoms with Crippen molar-refractivity contribution in [2.45, 2.75) is 32.7 Å². The van der Waals surface area contributed by atoms with Crippen LogP contribution in [0.25, 0.3) is 21.8 Å². The van der Waals surface area contributed by atoms with Gasteiger partial charge < -0.3 is 14.6 Å². The van der Waals surface area contributed by atoms with Gasteiger partial charge in [-0.05, 0) is 43.4 Å². The van der Waals surface area contributed by atoms with E-state index >= 15 is 0 Å². The Morgan fingerprint density at radius 3 is 2.69 bits per heavy atom. The van der Waals surface area contributed by atoms with Crippen LogP contribution in [0.2, 0.25) is 0 Å². The molecule has 0 aliphatic heterocycles. The Labute approximate surface area is 188 Å². The van der Waals surface area contributed by atoms with Crippen molar-refractivity contribution in [3.05, 3.63) is 84.7 Å². The largest absolute Gasteiger partial charge is 0.493 e. The zero-order chi connectivity index (χ0) is 22.3. The highest BCUT2D eigenvalue weighted by atomic mass is 16.5. The van der Waals surface area contributed by atoms with Gasteiger partial charge in [-0.1, -0.05) is 55.1 Å². The normalized spacial score (nSPS) is 11.0. The lowest BCUT2D eigenvalue weighted by molar-refractivity contribution is -0.117. The van der Waals surface area contributed by atoms with Crippen molar-refractivity contribution in [1.82, 2.24) is 14.9 Å². The third kappa shape index (κ3) is 4.99. The number of carbonyl (C=O) groups is 1. The second-order valence-electron chi connectivity index (χ2n) is 7.99. The molecule has 164 valence electrons. The van der Waals surface area contributed by atoms with Crippen molar-refractivity contribution >= 4 is 27.7 Å². The molecule has 0 fully saturated rings. The van der Waals surface area contributed by atoms with E-state index in [1.165, 1.54) is 5.39 Å². The molecule has 1 heterocycles. The second-order valence-corrected chi connectivity index (χ2v) is 7.99. The minimum Gasteiger partial charge on any atom is -0.493 e. The molecular formula is C27H29N3O2. The maximum absolute atomic E-state index is 11.7. The zero-order valence-electron chi connectivity index (χ0n) is 18.5. The number of carbonyl (C=O) groups excluding carboxylic acids is 1. The molecule has 0 aliphatic rings. The molecule has 4 rings (SSSR count). The van der Waals surface area contributed by atoms with E-state index in [1.54, 1.807) is 6.92 Å². The van der Waals surface area contributed by atoms with Gasteiger partial charge in [0.15, 0.2) is 0 Å². The van der Waals surface area contributed by atoms with Gasteiger partial charge in [0.05, 0.1) is 17.6 Å². The van der Waals surface area contributed by atoms with E-state index < -0.39 is 0 Å². The van der Waals surface area contributed by atoms with Crippen molar-refractivity contribution in [3.8, 4) is 5.75 Å². The van der Waals surface area contributed by atoms with Crippen LogP contribution in [0.3, 0.4) is 0 Å². The maximum atomic E-state index is 11.7. The number of hydrogen-bond acceptors (Lipinski definition) is 3. The number of ether oxygens (including phenoxy) is 1. The fraction of sp³-hybridized carbons (Fsp3) is 0.259. The predicted octanol–water partition coefficient (Wildman–Crippen LogP) is 5.28. The molecule has 4 aromatic rings. The number of hydrogen-bond donors (Lipinski definition) is 1. The first kappa shape index (κ1) is 21.6. The number of nitrogens with one attached hydrogen (secondary N) is 1. The number of aryl methyl sites for hydroxylation is 2. The summed E-state index contributed by atoms with van der Waals surface area (Å²) in [6.45, 7) is 7.47. The molecule has 0 unspecified atom stereocenters. The number of nitrogens with zero attached hydrogens (tertiary/aromatic N) is 2. The van der Waals surface area contributed by atoms with Gasteiger partial charge in [0, 0.05) is 30.5 Å². The van der Waals surface area contributed by atoms with Crippen molar-refractivity contribution in [2.75, 3.05) is 13.2 Å². The highest BCUT2D eigenvalue weighted by Gasteiger charge is 2.11. The summed E-state index contributed by atoms with van der Waals surface area (Å²) in [6, 6.07) is 22.7. The molecule has 1 aromatic heterocycles. The average molecular weight is 428 g/mol. The molecular weight excluding hydrogens is 398 g/mol. The number of amides is 1. The predicted molar refractivity (Wildman–Crippen MR) is 130 cm³/mol. The van der Waals surface area contributed by atoms with E-state index in [0.29, 0.717) is 18.7 Å². The SMILES string of the molecule is C=C(C)C(=O)NCCCc1nc2ccccc2n1CCCOc1cccc2ccccc12. The van der Waals surface area contributed by atoms with Crippen molar-refractivity contribution in [3.63, 3.8) is 0 Å². The fourth-order valence-electron chi connectivity index (χ4n) is 3.89. The Morgan fingerprint density at radius 2 is 1.81 bits per heavy atom. The highest BCUT2D eigenvalue weighted by Crippen LogP contribution is 2.25. The maximum Gasteiger partial charge on any atom is 0.246 e. The van der Waals surface area contributed by atoms with E-state index in [4.69, 9.17) is 9.72 Å². The topological polar surface area (TPSA) is 56.2 Å². The second kappa shape index (κ2) is 10.1. The summed E-state index contributed by atoms with van der Waals surface area (Å²) in [5.74, 6) is 1.87. The Balaban J connectivity index is 1.39. The van der Waals surface area contributed by atoms with Gasteiger partial charge in [-0.15, -0.1) is 0 Å². The Hall–Kier alpha value is -3.60. The van der Waals surface area contributed by atoms with Crippen LogP contribution < -0.4 is 10.1 Å². The third-order valence-electron chi connectivity index (χ3n) is 5.52. The van der Waals surface area contributed by atoms with E-state index in [-0.39, 0.29) is 5.91 Å². The lowest BCUT2D eigenvalue weighted by Crippen LogP contribution is -2.25. The lowest BCUT2D eigenvalue weighted by Gasteiger charge is -2.12. The van der Waals surface area contributed by atoms with Crippen molar-refractivity contribution in [2.24, 2.45) is 0 Å². The van der Waals surface area contributed by atoms with E-state index in [9.17, 15) is 4.79 Å². The van der Waals surface area contributed by atoms with Crippen LogP contribution in [0, 0.1) is 0 Å². The van der Waals surface area contributed by atoms with Gasteiger partial charge >= 0.3 is 0 Å². The van der Waals surface area contributed by atoms with Gasteiger partial charge in [-0.2, -0.15) is 0 Å². The summed E-state index contributed by atoms with van der Waals surface area (Å²) in [5.41, 5.74) is 2.67. The smallest absolute Gasteiger partial charge is 0.246 e. The first-order valence-corrected chi connectivity index (χ1v) is 11.1. The minimum absolute atomic E-state index is 0.0934. The molecule has 32 heavy (non-hydrogen) atoms. The van der Waals surface area contributed by atoms with Gasteiger partial charge in [0.2, 0.25) is 5.91 Å². The van der Waals surface area contributed by atoms with E-state index in [1.807, 2.05) is 42.5 Å². The van der Waals surface area contributed by atoms with Crippen LogP contribution in [-0.2, 0) is 17.8 Å². The third-order valence-corrected chi connectivity index (χ3v) is 5.52. The van der Waals surface area contributed by atoms with Gasteiger partial charge in [-0.25, -0.2) is 4.98 Å². The zero-order valence-corrected chi connectivity index (χ0v) is 18.5. The molecule has 0 aliphatic carbocycles. The molecule has 1 amide bonds.